The highest BCUT2D eigenvalue weighted by atomic mass is 35.5. The van der Waals surface area contributed by atoms with Gasteiger partial charge >= 0.3 is 0 Å². The van der Waals surface area contributed by atoms with Crippen molar-refractivity contribution in [3.8, 4) is 0 Å². The van der Waals surface area contributed by atoms with Gasteiger partial charge in [0, 0.05) is 13.6 Å². The summed E-state index contributed by atoms with van der Waals surface area (Å²) in [6.07, 6.45) is 5.16. The number of carbonyl (C=O) groups excluding carboxylic acids is 1. The van der Waals surface area contributed by atoms with Crippen LogP contribution in [0.3, 0.4) is 0 Å². The Labute approximate surface area is 122 Å². The highest BCUT2D eigenvalue weighted by molar-refractivity contribution is 7.80. The average Bonchev–Trinajstić information content (AvgIpc) is 2.82. The number of hydrogen-bond acceptors (Lipinski definition) is 3. The van der Waals surface area contributed by atoms with Crippen LogP contribution in [0.15, 0.2) is 11.9 Å². The van der Waals surface area contributed by atoms with E-state index in [4.69, 9.17) is 23.8 Å². The van der Waals surface area contributed by atoms with Crippen LogP contribution >= 0.6 is 23.8 Å². The number of nitrogens with zero attached hydrogens (tertiary/aromatic N) is 3. The molecular formula is C12H15ClN4OS. The van der Waals surface area contributed by atoms with Crippen molar-refractivity contribution in [2.24, 2.45) is 7.05 Å². The summed E-state index contributed by atoms with van der Waals surface area (Å²) in [7, 11) is 1.77. The van der Waals surface area contributed by atoms with Crippen molar-refractivity contribution in [1.29, 1.82) is 0 Å². The predicted molar refractivity (Wildman–Crippen MR) is 78.5 cm³/mol. The largest absolute Gasteiger partial charge is 0.328 e. The molecule has 0 bridgehead atoms. The number of hydrogen-bond donors (Lipinski definition) is 1. The number of thiocarbonyl (C=S) groups is 1. The normalized spacial score (nSPS) is 17.4. The maximum atomic E-state index is 12.2. The molecular weight excluding hydrogens is 284 g/mol. The molecule has 7 heteroatoms. The molecule has 0 aliphatic carbocycles. The van der Waals surface area contributed by atoms with Gasteiger partial charge < -0.3 is 5.32 Å². The van der Waals surface area contributed by atoms with Crippen LogP contribution in [0.5, 0.6) is 0 Å². The Hall–Kier alpha value is -1.40. The molecule has 0 atom stereocenters. The minimum Gasteiger partial charge on any atom is -0.328 e. The van der Waals surface area contributed by atoms with Crippen molar-refractivity contribution in [3.05, 3.63) is 22.6 Å². The number of unbranched alkanes of at least 4 members (excludes halogenated alkanes) is 1. The van der Waals surface area contributed by atoms with E-state index in [9.17, 15) is 4.79 Å². The Balaban J connectivity index is 2.23. The van der Waals surface area contributed by atoms with Gasteiger partial charge in [0.25, 0.3) is 5.91 Å². The molecule has 0 aromatic carbocycles. The van der Waals surface area contributed by atoms with Gasteiger partial charge in [-0.25, -0.2) is 0 Å². The lowest BCUT2D eigenvalue weighted by Gasteiger charge is -2.12. The van der Waals surface area contributed by atoms with Crippen LogP contribution in [0.4, 0.5) is 0 Å². The van der Waals surface area contributed by atoms with Crippen LogP contribution in [0, 0.1) is 0 Å². The Morgan fingerprint density at radius 1 is 1.58 bits per heavy atom. The SMILES string of the molecule is CCCCN1C(=O)/C(=C\c2c(Cl)cnn2C)NC1=S. The molecule has 1 fully saturated rings. The Bertz CT molecular complexity index is 532. The number of rotatable bonds is 4. The van der Waals surface area contributed by atoms with Crippen LogP contribution in [0.2, 0.25) is 5.02 Å². The van der Waals surface area contributed by atoms with Crippen molar-refractivity contribution in [2.45, 2.75) is 19.8 Å². The highest BCUT2D eigenvalue weighted by Gasteiger charge is 2.30. The molecule has 0 unspecified atom stereocenters. The summed E-state index contributed by atoms with van der Waals surface area (Å²) in [6, 6.07) is 0. The third-order valence-corrected chi connectivity index (χ3v) is 3.53. The van der Waals surface area contributed by atoms with Gasteiger partial charge in [0.2, 0.25) is 0 Å². The van der Waals surface area contributed by atoms with Gasteiger partial charge in [-0.2, -0.15) is 5.10 Å². The molecule has 1 aromatic heterocycles. The summed E-state index contributed by atoms with van der Waals surface area (Å²) >= 11 is 11.2. The molecule has 0 saturated carbocycles. The molecule has 1 N–H and O–H groups in total. The summed E-state index contributed by atoms with van der Waals surface area (Å²) in [6.45, 7) is 2.71. The first kappa shape index (κ1) is 14.0. The van der Waals surface area contributed by atoms with Crippen molar-refractivity contribution in [3.63, 3.8) is 0 Å². The van der Waals surface area contributed by atoms with Crippen LogP contribution in [-0.2, 0) is 11.8 Å². The van der Waals surface area contributed by atoms with Gasteiger partial charge in [-0.15, -0.1) is 0 Å². The first-order chi connectivity index (χ1) is 9.04. The van der Waals surface area contributed by atoms with Crippen LogP contribution in [-0.4, -0.2) is 32.2 Å². The second kappa shape index (κ2) is 5.71. The first-order valence-electron chi connectivity index (χ1n) is 6.06. The van der Waals surface area contributed by atoms with Crippen molar-refractivity contribution in [1.82, 2.24) is 20.0 Å². The maximum Gasteiger partial charge on any atom is 0.276 e. The molecule has 1 saturated heterocycles. The van der Waals surface area contributed by atoms with Gasteiger partial charge in [0.15, 0.2) is 5.11 Å². The molecule has 1 amide bonds. The lowest BCUT2D eigenvalue weighted by molar-refractivity contribution is -0.122. The zero-order valence-corrected chi connectivity index (χ0v) is 12.4. The molecule has 2 heterocycles. The zero-order chi connectivity index (χ0) is 14.0. The van der Waals surface area contributed by atoms with Gasteiger partial charge in [-0.05, 0) is 24.7 Å². The second-order valence-corrected chi connectivity index (χ2v) is 5.09. The van der Waals surface area contributed by atoms with E-state index in [0.29, 0.717) is 28.1 Å². The maximum absolute atomic E-state index is 12.2. The summed E-state index contributed by atoms with van der Waals surface area (Å²) in [5, 5.41) is 7.90. The quantitative estimate of drug-likeness (QED) is 0.682. The molecule has 1 aromatic rings. The molecule has 1 aliphatic heterocycles. The molecule has 102 valence electrons. The van der Waals surface area contributed by atoms with E-state index >= 15 is 0 Å². The molecule has 1 aliphatic rings. The number of amides is 1. The predicted octanol–water partition coefficient (Wildman–Crippen LogP) is 1.93. The number of carbonyl (C=O) groups is 1. The van der Waals surface area contributed by atoms with E-state index in [2.05, 4.69) is 17.3 Å². The van der Waals surface area contributed by atoms with E-state index in [1.54, 1.807) is 28.9 Å². The number of aryl methyl sites for hydroxylation is 1. The van der Waals surface area contributed by atoms with E-state index in [-0.39, 0.29) is 5.91 Å². The highest BCUT2D eigenvalue weighted by Crippen LogP contribution is 2.20. The Kier molecular flexibility index (Phi) is 4.21. The second-order valence-electron chi connectivity index (χ2n) is 4.30. The molecule has 0 radical (unpaired) electrons. The van der Waals surface area contributed by atoms with Crippen LogP contribution in [0.25, 0.3) is 6.08 Å². The minimum atomic E-state index is -0.115. The van der Waals surface area contributed by atoms with Crippen molar-refractivity contribution < 1.29 is 4.79 Å². The van der Waals surface area contributed by atoms with Gasteiger partial charge in [0.1, 0.15) is 5.70 Å². The van der Waals surface area contributed by atoms with E-state index in [0.717, 1.165) is 12.8 Å². The summed E-state index contributed by atoms with van der Waals surface area (Å²) < 4.78 is 1.61. The summed E-state index contributed by atoms with van der Waals surface area (Å²) in [5.74, 6) is -0.115. The monoisotopic (exact) mass is 298 g/mol. The summed E-state index contributed by atoms with van der Waals surface area (Å²) in [4.78, 5) is 13.8. The minimum absolute atomic E-state index is 0.115. The molecule has 2 rings (SSSR count). The Morgan fingerprint density at radius 3 is 2.89 bits per heavy atom. The van der Waals surface area contributed by atoms with Crippen LogP contribution < -0.4 is 5.32 Å². The van der Waals surface area contributed by atoms with E-state index < -0.39 is 0 Å². The first-order valence-corrected chi connectivity index (χ1v) is 6.85. The smallest absolute Gasteiger partial charge is 0.276 e. The summed E-state index contributed by atoms with van der Waals surface area (Å²) in [5.41, 5.74) is 1.12. The van der Waals surface area contributed by atoms with Gasteiger partial charge in [-0.3, -0.25) is 14.4 Å². The molecule has 0 spiro atoms. The molecule has 5 nitrogen and oxygen atoms in total. The van der Waals surface area contributed by atoms with Crippen molar-refractivity contribution in [2.75, 3.05) is 6.54 Å². The average molecular weight is 299 g/mol. The zero-order valence-electron chi connectivity index (χ0n) is 10.8. The van der Waals surface area contributed by atoms with Crippen molar-refractivity contribution >= 4 is 40.9 Å². The van der Waals surface area contributed by atoms with E-state index in [1.807, 2.05) is 0 Å². The van der Waals surface area contributed by atoms with E-state index in [1.165, 1.54) is 0 Å². The third kappa shape index (κ3) is 2.79. The van der Waals surface area contributed by atoms with Gasteiger partial charge in [0.05, 0.1) is 16.9 Å². The number of halogens is 1. The van der Waals surface area contributed by atoms with Crippen LogP contribution in [0.1, 0.15) is 25.5 Å². The third-order valence-electron chi connectivity index (χ3n) is 2.92. The molecule has 19 heavy (non-hydrogen) atoms. The lowest BCUT2D eigenvalue weighted by Crippen LogP contribution is -2.31. The fourth-order valence-electron chi connectivity index (χ4n) is 1.81. The fourth-order valence-corrected chi connectivity index (χ4v) is 2.31. The number of nitrogens with one attached hydrogen (secondary N) is 1. The standard InChI is InChI=1S/C12H15ClN4OS/c1-3-4-5-17-11(18)9(15-12(17)19)6-10-8(13)7-14-16(10)2/h6-7H,3-5H2,1-2H3,(H,15,19)/b9-6+. The lowest BCUT2D eigenvalue weighted by atomic mass is 10.3. The fraction of sp³-hybridized carbons (Fsp3) is 0.417. The Morgan fingerprint density at radius 2 is 2.32 bits per heavy atom. The van der Waals surface area contributed by atoms with Gasteiger partial charge in [-0.1, -0.05) is 24.9 Å². The number of aromatic nitrogens is 2. The topological polar surface area (TPSA) is 50.2 Å².